The largest absolute Gasteiger partial charge is 0.871 e. The van der Waals surface area contributed by atoms with Crippen molar-refractivity contribution in [2.75, 3.05) is 66.5 Å². The Morgan fingerprint density at radius 3 is 1.91 bits per heavy atom. The highest BCUT2D eigenvalue weighted by molar-refractivity contribution is 6.40. The van der Waals surface area contributed by atoms with Crippen molar-refractivity contribution in [3.63, 3.8) is 0 Å². The lowest BCUT2D eigenvalue weighted by Gasteiger charge is -2.32. The number of aliphatic hydroxyl groups excluding tert-OH is 1. The molecule has 0 unspecified atom stereocenters. The van der Waals surface area contributed by atoms with Crippen LogP contribution in [0.2, 0.25) is 0 Å². The first kappa shape index (κ1) is 31.2. The Morgan fingerprint density at radius 1 is 0.930 bits per heavy atom. The van der Waals surface area contributed by atoms with Crippen molar-refractivity contribution < 1.29 is 24.7 Å². The number of ketones is 1. The smallest absolute Gasteiger partial charge is 0.218 e. The van der Waals surface area contributed by atoms with E-state index in [0.29, 0.717) is 5.69 Å². The summed E-state index contributed by atoms with van der Waals surface area (Å²) < 4.78 is 3.68. The number of likely N-dealkylation sites (N-methyl/N-ethyl adjacent to an activating group) is 2. The molecule has 0 spiro atoms. The van der Waals surface area contributed by atoms with Crippen LogP contribution < -0.4 is 5.11 Å². The highest BCUT2D eigenvalue weighted by Crippen LogP contribution is 2.43. The summed E-state index contributed by atoms with van der Waals surface area (Å²) in [4.78, 5) is 13.3. The van der Waals surface area contributed by atoms with Crippen LogP contribution in [0, 0.1) is 6.92 Å². The second kappa shape index (κ2) is 12.4. The molecule has 11 nitrogen and oxygen atoms in total. The molecule has 0 radical (unpaired) electrons. The van der Waals surface area contributed by atoms with E-state index in [1.807, 2.05) is 26.8 Å². The molecule has 2 aliphatic heterocycles. The lowest BCUT2D eigenvalue weighted by atomic mass is 9.79. The second-order valence-corrected chi connectivity index (χ2v) is 13.0. The number of hydrogen-bond acceptors (Lipinski definition) is 9. The van der Waals surface area contributed by atoms with Crippen LogP contribution in [0.25, 0.3) is 5.57 Å². The highest BCUT2D eigenvalue weighted by Gasteiger charge is 2.37. The molecule has 2 saturated heterocycles. The van der Waals surface area contributed by atoms with E-state index in [1.165, 1.54) is 30.4 Å². The number of aromatic hydroxyl groups is 1. The third-order valence-corrected chi connectivity index (χ3v) is 8.96. The maximum atomic E-state index is 13.3. The first-order chi connectivity index (χ1) is 20.4. The maximum Gasteiger partial charge on any atom is 0.218 e. The molecule has 3 heterocycles. The highest BCUT2D eigenvalue weighted by atomic mass is 16.3. The molecule has 4 aliphatic rings. The van der Waals surface area contributed by atoms with Crippen LogP contribution in [-0.4, -0.2) is 123 Å². The Bertz CT molecular complexity index is 1390. The summed E-state index contributed by atoms with van der Waals surface area (Å²) in [6, 6.07) is 0. The van der Waals surface area contributed by atoms with Gasteiger partial charge in [-0.1, -0.05) is 5.76 Å². The fourth-order valence-electron chi connectivity index (χ4n) is 6.34. The monoisotopic (exact) mass is 593 g/mol. The number of aromatic nitrogens is 2. The number of aliphatic hydroxyl groups is 1. The molecule has 2 fully saturated rings. The number of rotatable bonds is 9. The van der Waals surface area contributed by atoms with Crippen molar-refractivity contribution in [1.29, 1.82) is 0 Å². The zero-order valence-corrected chi connectivity index (χ0v) is 26.6. The average molecular weight is 594 g/mol. The van der Waals surface area contributed by atoms with E-state index >= 15 is 0 Å². The summed E-state index contributed by atoms with van der Waals surface area (Å²) >= 11 is 0. The molecule has 43 heavy (non-hydrogen) atoms. The summed E-state index contributed by atoms with van der Waals surface area (Å²) in [6.07, 6.45) is 10.1. The van der Waals surface area contributed by atoms with Gasteiger partial charge >= 0.3 is 0 Å². The van der Waals surface area contributed by atoms with Gasteiger partial charge in [-0.15, -0.1) is 0 Å². The van der Waals surface area contributed by atoms with Crippen LogP contribution in [0.5, 0.6) is 5.88 Å². The normalized spacial score (nSPS) is 22.0. The lowest BCUT2D eigenvalue weighted by molar-refractivity contribution is -0.529. The average Bonchev–Trinajstić information content (AvgIpc) is 3.73. The molecule has 2 N–H and O–H groups in total. The molecule has 5 rings (SSSR count). The third-order valence-electron chi connectivity index (χ3n) is 8.96. The second-order valence-electron chi connectivity index (χ2n) is 13.0. The van der Waals surface area contributed by atoms with Gasteiger partial charge in [0.25, 0.3) is 0 Å². The van der Waals surface area contributed by atoms with E-state index in [2.05, 4.69) is 43.8 Å². The Morgan fingerprint density at radius 2 is 1.47 bits per heavy atom. The Labute approximate surface area is 254 Å². The summed E-state index contributed by atoms with van der Waals surface area (Å²) in [5.41, 5.74) is 0.969. The number of Topliss-reactive ketones (excluding diaryl/α,β-unsaturated/α-hetero) is 1. The van der Waals surface area contributed by atoms with Gasteiger partial charge in [0.1, 0.15) is 5.76 Å². The summed E-state index contributed by atoms with van der Waals surface area (Å²) in [6.45, 7) is 14.9. The fraction of sp³-hybridized carbons (Fsp3) is 0.594. The predicted molar refractivity (Wildman–Crippen MR) is 164 cm³/mol. The summed E-state index contributed by atoms with van der Waals surface area (Å²) in [5, 5.41) is 49.0. The number of aryl methyl sites for hydroxylation is 1. The first-order valence-corrected chi connectivity index (χ1v) is 15.5. The van der Waals surface area contributed by atoms with Gasteiger partial charge in [-0.2, -0.15) is 5.10 Å². The molecule has 1 aromatic heterocycles. The standard InChI is InChI=1S/C32H47N7O4/c1-22-26(31(43)39(33-22)32(2,3)4)28-29(41)27(30(28)42)24-12-11-23(21-25(24)40)36(19-17-34(5)37-13-7-8-14-37)20-18-35(6)38-15-9-10-16-38/h11-12,21H,7-10,13-20H2,1-6H3,(H2,33,40,41,42,43). The molecule has 0 bridgehead atoms. The minimum absolute atomic E-state index is 0.0598. The topological polar surface area (TPSA) is 114 Å². The number of allylic oxidation sites excluding steroid dienone is 5. The van der Waals surface area contributed by atoms with Crippen molar-refractivity contribution in [3.8, 4) is 5.88 Å². The van der Waals surface area contributed by atoms with Crippen molar-refractivity contribution in [3.05, 3.63) is 52.1 Å². The van der Waals surface area contributed by atoms with E-state index in [4.69, 9.17) is 0 Å². The van der Waals surface area contributed by atoms with Crippen LogP contribution >= 0.6 is 0 Å². The molecule has 1 aromatic rings. The Hall–Kier alpha value is -3.25. The van der Waals surface area contributed by atoms with E-state index in [9.17, 15) is 20.1 Å². The van der Waals surface area contributed by atoms with E-state index in [1.54, 1.807) is 19.1 Å². The molecule has 0 amide bonds. The lowest BCUT2D eigenvalue weighted by Crippen LogP contribution is -2.44. The number of nitrogens with zero attached hydrogens (tertiary/aromatic N) is 7. The number of carbonyl (C=O) groups is 1. The van der Waals surface area contributed by atoms with Gasteiger partial charge in [0.15, 0.2) is 18.9 Å². The minimum atomic E-state index is -0.525. The van der Waals surface area contributed by atoms with Crippen LogP contribution in [0.1, 0.15) is 57.7 Å². The molecule has 0 saturated carbocycles. The SMILES string of the molecule is Cc1nn(C(C)(C)C)c(O)c1C1=C([O-])/C(=C2/C=CC(=[N+](CCN(C)N3CCCC3)CCN(C)N3CCCC3)C=C2O)C1=O. The van der Waals surface area contributed by atoms with Crippen LogP contribution in [0.4, 0.5) is 0 Å². The number of hydrogen-bond donors (Lipinski definition) is 2. The van der Waals surface area contributed by atoms with Crippen molar-refractivity contribution >= 4 is 17.1 Å². The van der Waals surface area contributed by atoms with Crippen molar-refractivity contribution in [2.24, 2.45) is 0 Å². The first-order valence-electron chi connectivity index (χ1n) is 15.5. The molecule has 0 atom stereocenters. The summed E-state index contributed by atoms with van der Waals surface area (Å²) in [7, 11) is 4.26. The van der Waals surface area contributed by atoms with Gasteiger partial charge in [-0.05, 0) is 59.5 Å². The van der Waals surface area contributed by atoms with E-state index in [-0.39, 0.29) is 33.9 Å². The number of hydrazine groups is 2. The molecular weight excluding hydrogens is 546 g/mol. The van der Waals surface area contributed by atoms with Crippen LogP contribution in [0.15, 0.2) is 40.9 Å². The number of carbonyl (C=O) groups excluding carboxylic acids is 1. The predicted octanol–water partition coefficient (Wildman–Crippen LogP) is 1.95. The maximum absolute atomic E-state index is 13.3. The van der Waals surface area contributed by atoms with Gasteiger partial charge in [-0.25, -0.2) is 29.3 Å². The molecule has 234 valence electrons. The van der Waals surface area contributed by atoms with Crippen LogP contribution in [-0.2, 0) is 10.3 Å². The van der Waals surface area contributed by atoms with Crippen LogP contribution in [0.3, 0.4) is 0 Å². The molecule has 2 aliphatic carbocycles. The molecular formula is C32H47N7O4. The fourth-order valence-corrected chi connectivity index (χ4v) is 6.34. The molecule has 11 heteroatoms. The zero-order chi connectivity index (χ0) is 31.1. The van der Waals surface area contributed by atoms with E-state index in [0.717, 1.165) is 58.1 Å². The minimum Gasteiger partial charge on any atom is -0.871 e. The quantitative estimate of drug-likeness (QED) is 0.328. The third kappa shape index (κ3) is 6.22. The zero-order valence-electron chi connectivity index (χ0n) is 26.6. The van der Waals surface area contributed by atoms with Gasteiger partial charge in [0.2, 0.25) is 11.6 Å². The van der Waals surface area contributed by atoms with E-state index < -0.39 is 17.1 Å². The Balaban J connectivity index is 1.41. The van der Waals surface area contributed by atoms with Gasteiger partial charge in [0, 0.05) is 63.1 Å². The van der Waals surface area contributed by atoms with Crippen molar-refractivity contribution in [1.82, 2.24) is 29.8 Å². The van der Waals surface area contributed by atoms with Crippen molar-refractivity contribution in [2.45, 2.75) is 58.9 Å². The Kier molecular flexibility index (Phi) is 8.99. The van der Waals surface area contributed by atoms with Gasteiger partial charge in [0.05, 0.1) is 36.0 Å². The van der Waals surface area contributed by atoms with Gasteiger partial charge < -0.3 is 15.3 Å². The summed E-state index contributed by atoms with van der Waals surface area (Å²) in [5.74, 6) is -1.29. The van der Waals surface area contributed by atoms with Gasteiger partial charge in [-0.3, -0.25) is 4.79 Å². The molecule has 0 aromatic carbocycles.